The first-order valence-electron chi connectivity index (χ1n) is 9.59. The standard InChI is InChI=1S/C21H31FO/c1-15-7-10-17(11-8-15)5-3-4-6-18-13-19-12-9-16(2)23-21(19)20(22)14-18/h13-17H,3-12H2,1-2H3. The molecule has 1 aromatic rings. The van der Waals surface area contributed by atoms with E-state index in [0.29, 0.717) is 5.75 Å². The summed E-state index contributed by atoms with van der Waals surface area (Å²) in [6.45, 7) is 4.40. The van der Waals surface area contributed by atoms with Crippen LogP contribution in [0.5, 0.6) is 5.75 Å². The van der Waals surface area contributed by atoms with E-state index in [2.05, 4.69) is 13.0 Å². The van der Waals surface area contributed by atoms with E-state index in [1.54, 1.807) is 6.07 Å². The van der Waals surface area contributed by atoms with Crippen molar-refractivity contribution in [3.63, 3.8) is 0 Å². The maximum absolute atomic E-state index is 14.2. The highest BCUT2D eigenvalue weighted by atomic mass is 19.1. The van der Waals surface area contributed by atoms with Crippen LogP contribution in [0.1, 0.15) is 76.3 Å². The molecule has 1 heterocycles. The molecule has 0 saturated heterocycles. The zero-order valence-electron chi connectivity index (χ0n) is 14.7. The van der Waals surface area contributed by atoms with Crippen LogP contribution in [-0.4, -0.2) is 6.10 Å². The second-order valence-electron chi connectivity index (χ2n) is 7.90. The van der Waals surface area contributed by atoms with Gasteiger partial charge in [0.05, 0.1) is 6.10 Å². The molecule has 2 heteroatoms. The number of fused-ring (bicyclic) bond motifs is 1. The van der Waals surface area contributed by atoms with Crippen molar-refractivity contribution in [1.82, 2.24) is 0 Å². The highest BCUT2D eigenvalue weighted by Gasteiger charge is 2.21. The average Bonchev–Trinajstić information content (AvgIpc) is 2.54. The van der Waals surface area contributed by atoms with Crippen LogP contribution in [0, 0.1) is 17.7 Å². The summed E-state index contributed by atoms with van der Waals surface area (Å²) in [5, 5.41) is 0. The van der Waals surface area contributed by atoms with E-state index in [9.17, 15) is 4.39 Å². The Kier molecular flexibility index (Phi) is 5.61. The van der Waals surface area contributed by atoms with Gasteiger partial charge in [0.25, 0.3) is 0 Å². The Morgan fingerprint density at radius 1 is 1.04 bits per heavy atom. The number of unbranched alkanes of at least 4 members (excludes halogenated alkanes) is 1. The van der Waals surface area contributed by atoms with Gasteiger partial charge in [-0.3, -0.25) is 0 Å². The van der Waals surface area contributed by atoms with Crippen molar-refractivity contribution in [1.29, 1.82) is 0 Å². The smallest absolute Gasteiger partial charge is 0.165 e. The molecule has 1 fully saturated rings. The molecule has 0 radical (unpaired) electrons. The normalized spacial score (nSPS) is 27.3. The molecule has 0 amide bonds. The summed E-state index contributed by atoms with van der Waals surface area (Å²) in [5.74, 6) is 2.23. The summed E-state index contributed by atoms with van der Waals surface area (Å²) in [6, 6.07) is 3.87. The number of hydrogen-bond acceptors (Lipinski definition) is 1. The molecule has 1 unspecified atom stereocenters. The van der Waals surface area contributed by atoms with Crippen LogP contribution in [0.4, 0.5) is 4.39 Å². The minimum atomic E-state index is -0.162. The summed E-state index contributed by atoms with van der Waals surface area (Å²) in [5.41, 5.74) is 2.22. The zero-order valence-corrected chi connectivity index (χ0v) is 14.7. The van der Waals surface area contributed by atoms with Crippen LogP contribution in [0.25, 0.3) is 0 Å². The van der Waals surface area contributed by atoms with E-state index in [1.807, 2.05) is 6.92 Å². The van der Waals surface area contributed by atoms with Gasteiger partial charge in [0.2, 0.25) is 0 Å². The molecule has 0 N–H and O–H groups in total. The highest BCUT2D eigenvalue weighted by Crippen LogP contribution is 2.33. The first-order valence-corrected chi connectivity index (χ1v) is 9.59. The van der Waals surface area contributed by atoms with Gasteiger partial charge in [-0.2, -0.15) is 0 Å². The second kappa shape index (κ2) is 7.68. The highest BCUT2D eigenvalue weighted by molar-refractivity contribution is 5.40. The van der Waals surface area contributed by atoms with Gasteiger partial charge in [0.15, 0.2) is 11.6 Å². The van der Waals surface area contributed by atoms with E-state index in [-0.39, 0.29) is 11.9 Å². The number of aryl methyl sites for hydroxylation is 2. The summed E-state index contributed by atoms with van der Waals surface area (Å²) in [4.78, 5) is 0. The van der Waals surface area contributed by atoms with Crippen molar-refractivity contribution in [3.05, 3.63) is 29.1 Å². The first kappa shape index (κ1) is 16.8. The van der Waals surface area contributed by atoms with E-state index < -0.39 is 0 Å². The molecule has 1 aliphatic heterocycles. The number of rotatable bonds is 5. The first-order chi connectivity index (χ1) is 11.1. The molecule has 128 valence electrons. The Balaban J connectivity index is 1.46. The summed E-state index contributed by atoms with van der Waals surface area (Å²) < 4.78 is 19.9. The third-order valence-electron chi connectivity index (χ3n) is 5.78. The molecule has 3 rings (SSSR count). The predicted molar refractivity (Wildman–Crippen MR) is 93.5 cm³/mol. The quantitative estimate of drug-likeness (QED) is 0.598. The van der Waals surface area contributed by atoms with Crippen LogP contribution in [0.3, 0.4) is 0 Å². The molecule has 1 nitrogen and oxygen atoms in total. The Labute approximate surface area is 140 Å². The SMILES string of the molecule is CC1CCC(CCCCc2cc(F)c3c(c2)CCC(C)O3)CC1. The minimum absolute atomic E-state index is 0.140. The zero-order chi connectivity index (χ0) is 16.2. The van der Waals surface area contributed by atoms with Crippen LogP contribution < -0.4 is 4.74 Å². The van der Waals surface area contributed by atoms with Gasteiger partial charge in [0.1, 0.15) is 0 Å². The fourth-order valence-corrected chi connectivity index (χ4v) is 4.17. The lowest BCUT2D eigenvalue weighted by Gasteiger charge is -2.26. The predicted octanol–water partition coefficient (Wildman–Crippen LogP) is 6.08. The van der Waals surface area contributed by atoms with Crippen molar-refractivity contribution < 1.29 is 9.13 Å². The molecule has 2 aliphatic rings. The number of hydrogen-bond donors (Lipinski definition) is 0. The lowest BCUT2D eigenvalue weighted by Crippen LogP contribution is -2.20. The third-order valence-corrected chi connectivity index (χ3v) is 5.78. The van der Waals surface area contributed by atoms with Gasteiger partial charge < -0.3 is 4.74 Å². The molecule has 1 aromatic carbocycles. The van der Waals surface area contributed by atoms with E-state index in [1.165, 1.54) is 44.9 Å². The van der Waals surface area contributed by atoms with Crippen molar-refractivity contribution in [3.8, 4) is 5.75 Å². The van der Waals surface area contributed by atoms with Crippen LogP contribution >= 0.6 is 0 Å². The molecule has 1 saturated carbocycles. The second-order valence-corrected chi connectivity index (χ2v) is 7.90. The molecule has 0 bridgehead atoms. The molecule has 0 aromatic heterocycles. The van der Waals surface area contributed by atoms with E-state index in [0.717, 1.165) is 42.2 Å². The number of ether oxygens (including phenoxy) is 1. The maximum Gasteiger partial charge on any atom is 0.165 e. The molecule has 1 aliphatic carbocycles. The molecule has 1 atom stereocenters. The fraction of sp³-hybridized carbons (Fsp3) is 0.714. The fourth-order valence-electron chi connectivity index (χ4n) is 4.17. The molecule has 0 spiro atoms. The van der Waals surface area contributed by atoms with Gasteiger partial charge in [-0.15, -0.1) is 0 Å². The monoisotopic (exact) mass is 318 g/mol. The number of halogens is 1. The van der Waals surface area contributed by atoms with Gasteiger partial charge in [-0.25, -0.2) is 4.39 Å². The van der Waals surface area contributed by atoms with Crippen molar-refractivity contribution in [2.75, 3.05) is 0 Å². The van der Waals surface area contributed by atoms with Crippen LogP contribution in [0.2, 0.25) is 0 Å². The lowest BCUT2D eigenvalue weighted by atomic mass is 9.80. The Morgan fingerprint density at radius 3 is 2.61 bits per heavy atom. The summed E-state index contributed by atoms with van der Waals surface area (Å²) in [7, 11) is 0. The van der Waals surface area contributed by atoms with Gasteiger partial charge in [0, 0.05) is 0 Å². The Bertz CT molecular complexity index is 517. The average molecular weight is 318 g/mol. The Hall–Kier alpha value is -1.05. The topological polar surface area (TPSA) is 9.23 Å². The van der Waals surface area contributed by atoms with Gasteiger partial charge >= 0.3 is 0 Å². The van der Waals surface area contributed by atoms with Crippen molar-refractivity contribution >= 4 is 0 Å². The van der Waals surface area contributed by atoms with Crippen LogP contribution in [0.15, 0.2) is 12.1 Å². The summed E-state index contributed by atoms with van der Waals surface area (Å²) >= 11 is 0. The van der Waals surface area contributed by atoms with Crippen molar-refractivity contribution in [2.45, 2.75) is 84.2 Å². The largest absolute Gasteiger partial charge is 0.487 e. The molecular weight excluding hydrogens is 287 g/mol. The van der Waals surface area contributed by atoms with Gasteiger partial charge in [-0.05, 0) is 61.6 Å². The minimum Gasteiger partial charge on any atom is -0.487 e. The Morgan fingerprint density at radius 2 is 1.83 bits per heavy atom. The molecular formula is C21H31FO. The van der Waals surface area contributed by atoms with Crippen LogP contribution in [-0.2, 0) is 12.8 Å². The molecule has 23 heavy (non-hydrogen) atoms. The summed E-state index contributed by atoms with van der Waals surface area (Å²) in [6.07, 6.45) is 12.6. The van der Waals surface area contributed by atoms with E-state index in [4.69, 9.17) is 4.74 Å². The third kappa shape index (κ3) is 4.49. The van der Waals surface area contributed by atoms with Gasteiger partial charge in [-0.1, -0.05) is 51.5 Å². The van der Waals surface area contributed by atoms with Crippen molar-refractivity contribution in [2.24, 2.45) is 11.8 Å². The number of benzene rings is 1. The van der Waals surface area contributed by atoms with E-state index >= 15 is 0 Å². The maximum atomic E-state index is 14.2. The lowest BCUT2D eigenvalue weighted by molar-refractivity contribution is 0.183.